The number of aromatic nitrogens is 3. The van der Waals surface area contributed by atoms with Gasteiger partial charge < -0.3 is 4.74 Å². The average Bonchev–Trinajstić information content (AvgIpc) is 3.15. The molecule has 2 aromatic heterocycles. The third kappa shape index (κ3) is 3.03. The molecule has 0 fully saturated rings. The Kier molecular flexibility index (Phi) is 4.24. The lowest BCUT2D eigenvalue weighted by atomic mass is 10.1. The molecule has 3 aromatic carbocycles. The molecule has 142 valence electrons. The summed E-state index contributed by atoms with van der Waals surface area (Å²) < 4.78 is 7.78. The van der Waals surface area contributed by atoms with Crippen molar-refractivity contribution in [2.24, 2.45) is 0 Å². The van der Waals surface area contributed by atoms with Crippen molar-refractivity contribution in [2.45, 2.75) is 13.8 Å². The fraction of sp³-hybridized carbons (Fsp3) is 0.120. The van der Waals surface area contributed by atoms with E-state index in [1.54, 1.807) is 0 Å². The largest absolute Gasteiger partial charge is 0.494 e. The van der Waals surface area contributed by atoms with Crippen molar-refractivity contribution < 1.29 is 4.74 Å². The van der Waals surface area contributed by atoms with Gasteiger partial charge in [0, 0.05) is 22.5 Å². The Morgan fingerprint density at radius 1 is 0.897 bits per heavy atom. The summed E-state index contributed by atoms with van der Waals surface area (Å²) in [5.74, 6) is 0.840. The minimum Gasteiger partial charge on any atom is -0.494 e. The summed E-state index contributed by atoms with van der Waals surface area (Å²) in [6, 6.07) is 24.7. The lowest BCUT2D eigenvalue weighted by molar-refractivity contribution is 0.341. The molecule has 0 aliphatic carbocycles. The van der Waals surface area contributed by atoms with Crippen LogP contribution in [0.1, 0.15) is 12.5 Å². The van der Waals surface area contributed by atoms with Crippen LogP contribution in [0.2, 0.25) is 0 Å². The van der Waals surface area contributed by atoms with Crippen molar-refractivity contribution in [3.05, 3.63) is 84.6 Å². The molecular formula is C25H21N3O. The second-order valence-corrected chi connectivity index (χ2v) is 7.09. The van der Waals surface area contributed by atoms with Gasteiger partial charge in [-0.2, -0.15) is 5.10 Å². The summed E-state index contributed by atoms with van der Waals surface area (Å²) in [6.45, 7) is 4.71. The molecule has 4 nitrogen and oxygen atoms in total. The molecule has 0 aliphatic heterocycles. The molecule has 5 aromatic rings. The fourth-order valence-corrected chi connectivity index (χ4v) is 3.70. The Bertz CT molecular complexity index is 1310. The van der Waals surface area contributed by atoms with Gasteiger partial charge in [-0.25, -0.2) is 4.68 Å². The zero-order valence-electron chi connectivity index (χ0n) is 16.5. The predicted molar refractivity (Wildman–Crippen MR) is 118 cm³/mol. The van der Waals surface area contributed by atoms with Crippen LogP contribution < -0.4 is 4.74 Å². The number of benzene rings is 3. The van der Waals surface area contributed by atoms with E-state index in [-0.39, 0.29) is 0 Å². The minimum atomic E-state index is 0.626. The van der Waals surface area contributed by atoms with Crippen LogP contribution >= 0.6 is 0 Å². The smallest absolute Gasteiger partial charge is 0.120 e. The summed E-state index contributed by atoms with van der Waals surface area (Å²) in [6.07, 6.45) is 1.93. The quantitative estimate of drug-likeness (QED) is 0.387. The van der Waals surface area contributed by atoms with Crippen LogP contribution in [0.15, 0.2) is 79.0 Å². The van der Waals surface area contributed by atoms with E-state index in [4.69, 9.17) is 14.8 Å². The highest BCUT2D eigenvalue weighted by Crippen LogP contribution is 2.35. The molecule has 0 saturated heterocycles. The lowest BCUT2D eigenvalue weighted by Gasteiger charge is -2.08. The van der Waals surface area contributed by atoms with Gasteiger partial charge in [-0.1, -0.05) is 48.0 Å². The second-order valence-electron chi connectivity index (χ2n) is 7.09. The molecular weight excluding hydrogens is 358 g/mol. The van der Waals surface area contributed by atoms with Gasteiger partial charge in [0.2, 0.25) is 0 Å². The molecule has 0 amide bonds. The predicted octanol–water partition coefficient (Wildman–Crippen LogP) is 5.95. The molecule has 0 saturated carbocycles. The van der Waals surface area contributed by atoms with Crippen molar-refractivity contribution >= 4 is 21.8 Å². The van der Waals surface area contributed by atoms with Crippen molar-refractivity contribution in [3.63, 3.8) is 0 Å². The van der Waals surface area contributed by atoms with E-state index in [1.165, 1.54) is 5.56 Å². The highest BCUT2D eigenvalue weighted by Gasteiger charge is 2.17. The first-order valence-electron chi connectivity index (χ1n) is 9.81. The maximum absolute atomic E-state index is 5.76. The maximum Gasteiger partial charge on any atom is 0.120 e. The van der Waals surface area contributed by atoms with E-state index >= 15 is 0 Å². The monoisotopic (exact) mass is 379 g/mol. The first-order valence-corrected chi connectivity index (χ1v) is 9.81. The van der Waals surface area contributed by atoms with Gasteiger partial charge in [0.1, 0.15) is 11.4 Å². The number of hydrogen-bond acceptors (Lipinski definition) is 3. The summed E-state index contributed by atoms with van der Waals surface area (Å²) in [5.41, 5.74) is 6.21. The van der Waals surface area contributed by atoms with E-state index in [1.807, 2.05) is 48.1 Å². The second kappa shape index (κ2) is 7.06. The fourth-order valence-electron chi connectivity index (χ4n) is 3.70. The molecule has 5 rings (SSSR count). The molecule has 0 radical (unpaired) electrons. The molecule has 4 heteroatoms. The summed E-state index contributed by atoms with van der Waals surface area (Å²) >= 11 is 0. The number of aryl methyl sites for hydroxylation is 1. The number of hydrogen-bond donors (Lipinski definition) is 0. The van der Waals surface area contributed by atoms with Crippen LogP contribution in [0.5, 0.6) is 5.75 Å². The zero-order valence-corrected chi connectivity index (χ0v) is 16.5. The van der Waals surface area contributed by atoms with Crippen LogP contribution in [-0.4, -0.2) is 21.4 Å². The Morgan fingerprint density at radius 3 is 2.45 bits per heavy atom. The number of rotatable bonds is 4. The van der Waals surface area contributed by atoms with Crippen LogP contribution in [0.25, 0.3) is 38.8 Å². The van der Waals surface area contributed by atoms with E-state index < -0.39 is 0 Å². The van der Waals surface area contributed by atoms with Crippen LogP contribution in [0, 0.1) is 6.92 Å². The van der Waals surface area contributed by atoms with Crippen LogP contribution in [0.4, 0.5) is 0 Å². The minimum absolute atomic E-state index is 0.626. The third-order valence-corrected chi connectivity index (χ3v) is 5.11. The number of pyridine rings is 1. The van der Waals surface area contributed by atoms with Gasteiger partial charge in [0.05, 0.1) is 23.3 Å². The summed E-state index contributed by atoms with van der Waals surface area (Å²) in [7, 11) is 0. The van der Waals surface area contributed by atoms with E-state index in [9.17, 15) is 0 Å². The zero-order chi connectivity index (χ0) is 19.8. The van der Waals surface area contributed by atoms with Gasteiger partial charge in [0.25, 0.3) is 0 Å². The molecule has 0 bridgehead atoms. The molecule has 0 N–H and O–H groups in total. The Morgan fingerprint density at radius 2 is 1.69 bits per heavy atom. The van der Waals surface area contributed by atoms with E-state index in [0.29, 0.717) is 6.61 Å². The highest BCUT2D eigenvalue weighted by molar-refractivity contribution is 6.09. The van der Waals surface area contributed by atoms with Gasteiger partial charge >= 0.3 is 0 Å². The number of ether oxygens (including phenoxy) is 1. The van der Waals surface area contributed by atoms with Gasteiger partial charge in [0.15, 0.2) is 0 Å². The van der Waals surface area contributed by atoms with Gasteiger partial charge in [-0.05, 0) is 44.2 Å². The lowest BCUT2D eigenvalue weighted by Crippen LogP contribution is -1.98. The topological polar surface area (TPSA) is 39.9 Å². The third-order valence-electron chi connectivity index (χ3n) is 5.11. The van der Waals surface area contributed by atoms with E-state index in [2.05, 4.69) is 49.4 Å². The Balaban J connectivity index is 1.87. The number of nitrogens with zero attached hydrogens (tertiary/aromatic N) is 3. The Hall–Kier alpha value is -3.66. The van der Waals surface area contributed by atoms with Crippen LogP contribution in [-0.2, 0) is 0 Å². The van der Waals surface area contributed by atoms with Crippen molar-refractivity contribution in [3.8, 4) is 22.7 Å². The van der Waals surface area contributed by atoms with Crippen LogP contribution in [0.3, 0.4) is 0 Å². The first kappa shape index (κ1) is 17.4. The molecule has 0 atom stereocenters. The molecule has 0 aliphatic rings. The van der Waals surface area contributed by atoms with Gasteiger partial charge in [-0.15, -0.1) is 0 Å². The van der Waals surface area contributed by atoms with Crippen molar-refractivity contribution in [1.29, 1.82) is 0 Å². The summed E-state index contributed by atoms with van der Waals surface area (Å²) in [4.78, 5) is 4.71. The first-order chi connectivity index (χ1) is 14.2. The molecule has 0 spiro atoms. The maximum atomic E-state index is 5.76. The van der Waals surface area contributed by atoms with Crippen molar-refractivity contribution in [1.82, 2.24) is 14.8 Å². The average molecular weight is 379 g/mol. The SMILES string of the molecule is CCOc1ccc2ncc3c(-c4ccccc4)nn(-c4ccc(C)cc4)c3c2c1. The van der Waals surface area contributed by atoms with Crippen molar-refractivity contribution in [2.75, 3.05) is 6.61 Å². The Labute approximate surface area is 169 Å². The molecule has 2 heterocycles. The van der Waals surface area contributed by atoms with Gasteiger partial charge in [-0.3, -0.25) is 4.98 Å². The number of fused-ring (bicyclic) bond motifs is 3. The normalized spacial score (nSPS) is 11.2. The molecule has 29 heavy (non-hydrogen) atoms. The highest BCUT2D eigenvalue weighted by atomic mass is 16.5. The molecule has 0 unspecified atom stereocenters. The summed E-state index contributed by atoms with van der Waals surface area (Å²) in [5, 5.41) is 7.08. The van der Waals surface area contributed by atoms with E-state index in [0.717, 1.165) is 44.5 Å². The standard InChI is InChI=1S/C25H21N3O/c1-3-29-20-13-14-23-21(15-20)25-22(16-26-23)24(18-7-5-4-6-8-18)27-28(25)19-11-9-17(2)10-12-19/h4-16H,3H2,1-2H3.